The number of nitrogens with one attached hydrogen (secondary N) is 1. The van der Waals surface area contributed by atoms with Gasteiger partial charge in [-0.2, -0.15) is 0 Å². The van der Waals surface area contributed by atoms with Gasteiger partial charge in [0.1, 0.15) is 6.61 Å². The van der Waals surface area contributed by atoms with Crippen LogP contribution in [0.5, 0.6) is 0 Å². The highest BCUT2D eigenvalue weighted by molar-refractivity contribution is 5.81. The molecule has 2 N–H and O–H groups in total. The molecule has 0 bridgehead atoms. The van der Waals surface area contributed by atoms with E-state index in [9.17, 15) is 14.4 Å². The lowest BCUT2D eigenvalue weighted by Crippen LogP contribution is -2.56. The minimum absolute atomic E-state index is 0.0235. The average Bonchev–Trinajstić information content (AvgIpc) is 3.09. The maximum absolute atomic E-state index is 13.0. The fourth-order valence-corrected chi connectivity index (χ4v) is 5.08. The van der Waals surface area contributed by atoms with Crippen molar-refractivity contribution in [3.8, 4) is 11.1 Å². The van der Waals surface area contributed by atoms with Crippen LogP contribution in [-0.2, 0) is 14.3 Å². The van der Waals surface area contributed by atoms with Crippen LogP contribution < -0.4 is 5.32 Å². The van der Waals surface area contributed by atoms with Crippen LogP contribution in [0, 0.1) is 0 Å². The quantitative estimate of drug-likeness (QED) is 0.568. The first-order valence-corrected chi connectivity index (χ1v) is 11.9. The molecule has 0 atom stereocenters. The van der Waals surface area contributed by atoms with Crippen LogP contribution in [0.2, 0.25) is 0 Å². The molecule has 7 nitrogen and oxygen atoms in total. The van der Waals surface area contributed by atoms with E-state index in [0.29, 0.717) is 12.8 Å². The second kappa shape index (κ2) is 9.87. The van der Waals surface area contributed by atoms with Crippen LogP contribution in [0.1, 0.15) is 63.0 Å². The van der Waals surface area contributed by atoms with Gasteiger partial charge >= 0.3 is 12.1 Å². The summed E-state index contributed by atoms with van der Waals surface area (Å²) in [6.45, 7) is 4.12. The van der Waals surface area contributed by atoms with Gasteiger partial charge in [0.25, 0.3) is 0 Å². The molecular formula is C27H32N2O5. The van der Waals surface area contributed by atoms with Gasteiger partial charge in [-0.1, -0.05) is 48.5 Å². The standard InChI is InChI=1S/C27H32N2O5/c1-18(2)29(15-12-25(31)32)24(30)16-27(13-7-14-27)28-26(33)34-17-23-21-10-5-3-8-19(21)20-9-4-6-11-22(20)23/h3-6,8-11,18,23H,7,12-17H2,1-2H3,(H,28,33)(H,31,32). The van der Waals surface area contributed by atoms with Gasteiger partial charge in [0.15, 0.2) is 0 Å². The van der Waals surface area contributed by atoms with Crippen molar-refractivity contribution in [3.05, 3.63) is 59.7 Å². The van der Waals surface area contributed by atoms with Crippen molar-refractivity contribution in [1.29, 1.82) is 0 Å². The maximum Gasteiger partial charge on any atom is 0.407 e. The van der Waals surface area contributed by atoms with Crippen molar-refractivity contribution in [2.75, 3.05) is 13.2 Å². The molecule has 0 unspecified atom stereocenters. The number of carboxylic acid groups (broad SMARTS) is 1. The largest absolute Gasteiger partial charge is 0.481 e. The molecule has 2 aromatic rings. The molecule has 0 aliphatic heterocycles. The third-order valence-electron chi connectivity index (χ3n) is 7.02. The summed E-state index contributed by atoms with van der Waals surface area (Å²) in [5.74, 6) is -1.10. The van der Waals surface area contributed by atoms with Crippen LogP contribution >= 0.6 is 0 Å². The monoisotopic (exact) mass is 464 g/mol. The first-order valence-electron chi connectivity index (χ1n) is 11.9. The highest BCUT2D eigenvalue weighted by Gasteiger charge is 2.42. The lowest BCUT2D eigenvalue weighted by Gasteiger charge is -2.43. The molecule has 2 amide bonds. The highest BCUT2D eigenvalue weighted by atomic mass is 16.5. The number of alkyl carbamates (subject to hydrolysis) is 1. The van der Waals surface area contributed by atoms with E-state index < -0.39 is 17.6 Å². The second-order valence-corrected chi connectivity index (χ2v) is 9.59. The lowest BCUT2D eigenvalue weighted by atomic mass is 9.74. The number of carbonyl (C=O) groups is 3. The van der Waals surface area contributed by atoms with Crippen LogP contribution in [0.3, 0.4) is 0 Å². The second-order valence-electron chi connectivity index (χ2n) is 9.59. The lowest BCUT2D eigenvalue weighted by molar-refractivity contribution is -0.139. The van der Waals surface area contributed by atoms with E-state index in [-0.39, 0.29) is 43.9 Å². The summed E-state index contributed by atoms with van der Waals surface area (Å²) in [5, 5.41) is 12.0. The zero-order chi connectivity index (χ0) is 24.3. The van der Waals surface area contributed by atoms with Crippen LogP contribution in [0.25, 0.3) is 11.1 Å². The molecule has 180 valence electrons. The average molecular weight is 465 g/mol. The Bertz CT molecular complexity index is 1030. The normalized spacial score (nSPS) is 15.7. The Morgan fingerprint density at radius 3 is 2.15 bits per heavy atom. The van der Waals surface area contributed by atoms with E-state index in [1.807, 2.05) is 38.1 Å². The number of hydrogen-bond donors (Lipinski definition) is 2. The molecule has 1 saturated carbocycles. The van der Waals surface area contributed by atoms with Crippen molar-refractivity contribution in [3.63, 3.8) is 0 Å². The topological polar surface area (TPSA) is 95.9 Å². The van der Waals surface area contributed by atoms with Gasteiger partial charge in [0.2, 0.25) is 5.91 Å². The van der Waals surface area contributed by atoms with Crippen LogP contribution in [0.4, 0.5) is 4.79 Å². The van der Waals surface area contributed by atoms with Gasteiger partial charge in [-0.3, -0.25) is 9.59 Å². The van der Waals surface area contributed by atoms with Crippen LogP contribution in [0.15, 0.2) is 48.5 Å². The molecule has 2 aliphatic carbocycles. The predicted octanol–water partition coefficient (Wildman–Crippen LogP) is 4.55. The van der Waals surface area contributed by atoms with E-state index in [1.165, 1.54) is 11.1 Å². The van der Waals surface area contributed by atoms with E-state index >= 15 is 0 Å². The molecule has 0 heterocycles. The minimum atomic E-state index is -0.937. The molecule has 0 spiro atoms. The Kier molecular flexibility index (Phi) is 6.91. The Hall–Kier alpha value is -3.35. The predicted molar refractivity (Wildman–Crippen MR) is 129 cm³/mol. The van der Waals surface area contributed by atoms with Gasteiger partial charge in [0.05, 0.1) is 18.4 Å². The Balaban J connectivity index is 1.38. The number of fused-ring (bicyclic) bond motifs is 3. The Labute approximate surface area is 200 Å². The van der Waals surface area contributed by atoms with E-state index in [2.05, 4.69) is 29.6 Å². The fourth-order valence-electron chi connectivity index (χ4n) is 5.08. The summed E-state index contributed by atoms with van der Waals surface area (Å²) in [7, 11) is 0. The fraction of sp³-hybridized carbons (Fsp3) is 0.444. The van der Waals surface area contributed by atoms with E-state index in [0.717, 1.165) is 17.5 Å². The number of aliphatic carboxylic acids is 1. The molecular weight excluding hydrogens is 432 g/mol. The first kappa shape index (κ1) is 23.8. The Morgan fingerprint density at radius 2 is 1.65 bits per heavy atom. The zero-order valence-electron chi connectivity index (χ0n) is 19.8. The third kappa shape index (κ3) is 4.93. The molecule has 34 heavy (non-hydrogen) atoms. The van der Waals surface area contributed by atoms with Crippen molar-refractivity contribution in [2.45, 2.75) is 63.5 Å². The van der Waals surface area contributed by atoms with Gasteiger partial charge < -0.3 is 20.1 Å². The number of ether oxygens (including phenoxy) is 1. The number of carbonyl (C=O) groups excluding carboxylic acids is 2. The summed E-state index contributed by atoms with van der Waals surface area (Å²) >= 11 is 0. The van der Waals surface area contributed by atoms with Crippen LogP contribution in [-0.4, -0.2) is 52.7 Å². The van der Waals surface area contributed by atoms with Gasteiger partial charge in [0, 0.05) is 18.5 Å². The molecule has 4 rings (SSSR count). The zero-order valence-corrected chi connectivity index (χ0v) is 19.8. The SMILES string of the molecule is CC(C)N(CCC(=O)O)C(=O)CC1(NC(=O)OCC2c3ccccc3-c3ccccc32)CCC1. The Morgan fingerprint density at radius 1 is 1.06 bits per heavy atom. The smallest absolute Gasteiger partial charge is 0.407 e. The summed E-state index contributed by atoms with van der Waals surface area (Å²) < 4.78 is 5.69. The summed E-state index contributed by atoms with van der Waals surface area (Å²) in [6.07, 6.45) is 1.86. The highest BCUT2D eigenvalue weighted by Crippen LogP contribution is 2.44. The summed E-state index contributed by atoms with van der Waals surface area (Å²) in [4.78, 5) is 38.3. The van der Waals surface area contributed by atoms with Crippen molar-refractivity contribution >= 4 is 18.0 Å². The number of rotatable bonds is 9. The van der Waals surface area contributed by atoms with Crippen molar-refractivity contribution in [1.82, 2.24) is 10.2 Å². The van der Waals surface area contributed by atoms with E-state index in [4.69, 9.17) is 9.84 Å². The maximum atomic E-state index is 13.0. The van der Waals surface area contributed by atoms with Crippen molar-refractivity contribution in [2.24, 2.45) is 0 Å². The number of benzene rings is 2. The molecule has 0 aromatic heterocycles. The summed E-state index contributed by atoms with van der Waals surface area (Å²) in [5.41, 5.74) is 4.01. The third-order valence-corrected chi connectivity index (χ3v) is 7.02. The number of hydrogen-bond acceptors (Lipinski definition) is 4. The number of amides is 2. The van der Waals surface area contributed by atoms with Gasteiger partial charge in [-0.05, 0) is 55.4 Å². The molecule has 1 fully saturated rings. The molecule has 2 aliphatic rings. The minimum Gasteiger partial charge on any atom is -0.481 e. The first-order chi connectivity index (χ1) is 16.3. The molecule has 0 saturated heterocycles. The molecule has 7 heteroatoms. The number of nitrogens with zero attached hydrogens (tertiary/aromatic N) is 1. The van der Waals surface area contributed by atoms with E-state index in [1.54, 1.807) is 4.90 Å². The summed E-state index contributed by atoms with van der Waals surface area (Å²) in [6, 6.07) is 16.2. The number of carboxylic acids is 1. The van der Waals surface area contributed by atoms with Gasteiger partial charge in [-0.25, -0.2) is 4.79 Å². The van der Waals surface area contributed by atoms with Gasteiger partial charge in [-0.15, -0.1) is 0 Å². The molecule has 0 radical (unpaired) electrons. The van der Waals surface area contributed by atoms with Crippen molar-refractivity contribution < 1.29 is 24.2 Å². The molecule has 2 aromatic carbocycles.